The summed E-state index contributed by atoms with van der Waals surface area (Å²) in [5.41, 5.74) is 2.77. The first-order valence-electron chi connectivity index (χ1n) is 7.72. The largest absolute Gasteiger partial charge is 0.327 e. The standard InChI is InChI=1S/C18H19BrFN3/c1-3-23-17-7-5-4-6-16(17)22-18(23)12(2)21-11-13-10-14(19)8-9-15(13)20/h4-10,12,21H,3,11H2,1-2H3. The highest BCUT2D eigenvalue weighted by molar-refractivity contribution is 9.10. The zero-order valence-electron chi connectivity index (χ0n) is 13.2. The van der Waals surface area contributed by atoms with Gasteiger partial charge in [-0.25, -0.2) is 9.37 Å². The van der Waals surface area contributed by atoms with E-state index in [2.05, 4.69) is 45.7 Å². The molecular weight excluding hydrogens is 357 g/mol. The smallest absolute Gasteiger partial charge is 0.127 e. The maximum atomic E-state index is 13.9. The Morgan fingerprint density at radius 3 is 2.83 bits per heavy atom. The molecule has 1 N–H and O–H groups in total. The molecule has 0 amide bonds. The molecule has 23 heavy (non-hydrogen) atoms. The van der Waals surface area contributed by atoms with Crippen LogP contribution in [0.2, 0.25) is 0 Å². The van der Waals surface area contributed by atoms with Gasteiger partial charge in [-0.15, -0.1) is 0 Å². The van der Waals surface area contributed by atoms with Gasteiger partial charge in [0, 0.05) is 23.1 Å². The van der Waals surface area contributed by atoms with E-state index in [1.54, 1.807) is 12.1 Å². The summed E-state index contributed by atoms with van der Waals surface area (Å²) < 4.78 is 16.9. The van der Waals surface area contributed by atoms with Crippen LogP contribution in [0.1, 0.15) is 31.3 Å². The minimum absolute atomic E-state index is 0.0285. The van der Waals surface area contributed by atoms with Crippen LogP contribution in [0, 0.1) is 5.82 Å². The number of fused-ring (bicyclic) bond motifs is 1. The highest BCUT2D eigenvalue weighted by Crippen LogP contribution is 2.22. The van der Waals surface area contributed by atoms with Gasteiger partial charge in [0.2, 0.25) is 0 Å². The van der Waals surface area contributed by atoms with Crippen LogP contribution in [0.5, 0.6) is 0 Å². The molecular formula is C18H19BrFN3. The Hall–Kier alpha value is -1.72. The van der Waals surface area contributed by atoms with E-state index in [0.717, 1.165) is 27.9 Å². The summed E-state index contributed by atoms with van der Waals surface area (Å²) in [4.78, 5) is 4.73. The van der Waals surface area contributed by atoms with Crippen molar-refractivity contribution in [3.63, 3.8) is 0 Å². The van der Waals surface area contributed by atoms with Crippen LogP contribution in [0.25, 0.3) is 11.0 Å². The van der Waals surface area contributed by atoms with Gasteiger partial charge in [0.1, 0.15) is 11.6 Å². The number of aryl methyl sites for hydroxylation is 1. The van der Waals surface area contributed by atoms with Gasteiger partial charge in [-0.3, -0.25) is 0 Å². The van der Waals surface area contributed by atoms with E-state index in [-0.39, 0.29) is 11.9 Å². The molecule has 1 atom stereocenters. The molecule has 0 bridgehead atoms. The van der Waals surface area contributed by atoms with E-state index in [1.807, 2.05) is 18.2 Å². The molecule has 0 radical (unpaired) electrons. The Morgan fingerprint density at radius 1 is 1.26 bits per heavy atom. The topological polar surface area (TPSA) is 29.9 Å². The lowest BCUT2D eigenvalue weighted by molar-refractivity contribution is 0.507. The molecule has 120 valence electrons. The third-order valence-electron chi connectivity index (χ3n) is 3.99. The molecule has 1 unspecified atom stereocenters. The van der Waals surface area contributed by atoms with Crippen LogP contribution in [0.15, 0.2) is 46.9 Å². The fourth-order valence-electron chi connectivity index (χ4n) is 2.79. The minimum atomic E-state index is -0.197. The molecule has 3 aromatic rings. The van der Waals surface area contributed by atoms with Crippen molar-refractivity contribution >= 4 is 27.0 Å². The second-order valence-electron chi connectivity index (χ2n) is 5.54. The number of benzene rings is 2. The van der Waals surface area contributed by atoms with Crippen LogP contribution in [-0.4, -0.2) is 9.55 Å². The number of aromatic nitrogens is 2. The van der Waals surface area contributed by atoms with E-state index >= 15 is 0 Å². The Morgan fingerprint density at radius 2 is 2.04 bits per heavy atom. The fourth-order valence-corrected chi connectivity index (χ4v) is 3.20. The van der Waals surface area contributed by atoms with Crippen LogP contribution < -0.4 is 5.32 Å². The summed E-state index contributed by atoms with van der Waals surface area (Å²) >= 11 is 3.38. The van der Waals surface area contributed by atoms with Crippen LogP contribution in [-0.2, 0) is 13.1 Å². The predicted molar refractivity (Wildman–Crippen MR) is 94.8 cm³/mol. The molecule has 1 heterocycles. The first kappa shape index (κ1) is 16.1. The third-order valence-corrected chi connectivity index (χ3v) is 4.49. The van der Waals surface area contributed by atoms with Gasteiger partial charge < -0.3 is 9.88 Å². The maximum absolute atomic E-state index is 13.9. The summed E-state index contributed by atoms with van der Waals surface area (Å²) in [6.45, 7) is 5.48. The summed E-state index contributed by atoms with van der Waals surface area (Å²) in [6, 6.07) is 13.1. The first-order valence-corrected chi connectivity index (χ1v) is 8.52. The van der Waals surface area contributed by atoms with Crippen molar-refractivity contribution in [1.29, 1.82) is 0 Å². The van der Waals surface area contributed by atoms with Crippen molar-refractivity contribution in [3.05, 3.63) is 64.1 Å². The van der Waals surface area contributed by atoms with E-state index in [9.17, 15) is 4.39 Å². The zero-order chi connectivity index (χ0) is 16.4. The molecule has 5 heteroatoms. The second-order valence-corrected chi connectivity index (χ2v) is 6.46. The molecule has 3 nitrogen and oxygen atoms in total. The number of hydrogen-bond donors (Lipinski definition) is 1. The van der Waals surface area contributed by atoms with Gasteiger partial charge in [0.15, 0.2) is 0 Å². The SMILES string of the molecule is CCn1c(C(C)NCc2cc(Br)ccc2F)nc2ccccc21. The molecule has 0 saturated heterocycles. The molecule has 2 aromatic carbocycles. The van der Waals surface area contributed by atoms with Gasteiger partial charge in [0.25, 0.3) is 0 Å². The number of para-hydroxylation sites is 2. The van der Waals surface area contributed by atoms with Crippen molar-refractivity contribution in [2.24, 2.45) is 0 Å². The normalized spacial score (nSPS) is 12.7. The molecule has 0 spiro atoms. The van der Waals surface area contributed by atoms with Gasteiger partial charge in [-0.05, 0) is 44.2 Å². The number of rotatable bonds is 5. The second kappa shape index (κ2) is 6.81. The van der Waals surface area contributed by atoms with Crippen molar-refractivity contribution < 1.29 is 4.39 Å². The van der Waals surface area contributed by atoms with Crippen LogP contribution in [0.3, 0.4) is 0 Å². The fraction of sp³-hybridized carbons (Fsp3) is 0.278. The van der Waals surface area contributed by atoms with Gasteiger partial charge in [-0.1, -0.05) is 28.1 Å². The van der Waals surface area contributed by atoms with Crippen molar-refractivity contribution in [1.82, 2.24) is 14.9 Å². The van der Waals surface area contributed by atoms with Gasteiger partial charge in [-0.2, -0.15) is 0 Å². The quantitative estimate of drug-likeness (QED) is 0.693. The summed E-state index contributed by atoms with van der Waals surface area (Å²) in [5, 5.41) is 3.37. The number of nitrogens with zero attached hydrogens (tertiary/aromatic N) is 2. The van der Waals surface area contributed by atoms with Crippen LogP contribution in [0.4, 0.5) is 4.39 Å². The minimum Gasteiger partial charge on any atom is -0.327 e. The molecule has 0 fully saturated rings. The Labute approximate surface area is 143 Å². The lowest BCUT2D eigenvalue weighted by atomic mass is 10.2. The predicted octanol–water partition coefficient (Wildman–Crippen LogP) is 4.81. The molecule has 0 aliphatic carbocycles. The molecule has 3 rings (SSSR count). The van der Waals surface area contributed by atoms with Crippen molar-refractivity contribution in [3.8, 4) is 0 Å². The van der Waals surface area contributed by atoms with Crippen molar-refractivity contribution in [2.75, 3.05) is 0 Å². The van der Waals surface area contributed by atoms with Crippen molar-refractivity contribution in [2.45, 2.75) is 33.0 Å². The monoisotopic (exact) mass is 375 g/mol. The third kappa shape index (κ3) is 3.31. The average Bonchev–Trinajstić information content (AvgIpc) is 2.94. The lowest BCUT2D eigenvalue weighted by Gasteiger charge is -2.15. The van der Waals surface area contributed by atoms with Gasteiger partial charge >= 0.3 is 0 Å². The van der Waals surface area contributed by atoms with E-state index < -0.39 is 0 Å². The Balaban J connectivity index is 1.83. The highest BCUT2D eigenvalue weighted by atomic mass is 79.9. The van der Waals surface area contributed by atoms with Gasteiger partial charge in [0.05, 0.1) is 17.1 Å². The maximum Gasteiger partial charge on any atom is 0.127 e. The molecule has 1 aromatic heterocycles. The Kier molecular flexibility index (Phi) is 4.78. The molecule has 0 aliphatic rings. The van der Waals surface area contributed by atoms with E-state index in [1.165, 1.54) is 6.07 Å². The van der Waals surface area contributed by atoms with E-state index in [0.29, 0.717) is 12.1 Å². The van der Waals surface area contributed by atoms with Crippen LogP contribution >= 0.6 is 15.9 Å². The summed E-state index contributed by atoms with van der Waals surface area (Å²) in [6.07, 6.45) is 0. The van der Waals surface area contributed by atoms with E-state index in [4.69, 9.17) is 4.98 Å². The average molecular weight is 376 g/mol. The summed E-state index contributed by atoms with van der Waals surface area (Å²) in [7, 11) is 0. The molecule has 0 saturated carbocycles. The number of hydrogen-bond acceptors (Lipinski definition) is 2. The highest BCUT2D eigenvalue weighted by Gasteiger charge is 2.15. The summed E-state index contributed by atoms with van der Waals surface area (Å²) in [5.74, 6) is 0.779. The zero-order valence-corrected chi connectivity index (χ0v) is 14.8. The number of nitrogens with one attached hydrogen (secondary N) is 1. The first-order chi connectivity index (χ1) is 11.1. The lowest BCUT2D eigenvalue weighted by Crippen LogP contribution is -2.22. The molecule has 0 aliphatic heterocycles. The number of halogens is 2. The Bertz CT molecular complexity index is 828. The number of imidazole rings is 1.